The highest BCUT2D eigenvalue weighted by atomic mass is 16.3. The van der Waals surface area contributed by atoms with Gasteiger partial charge in [0, 0.05) is 24.2 Å². The molecule has 2 nitrogen and oxygen atoms in total. The van der Waals surface area contributed by atoms with Crippen LogP contribution in [0.4, 0.5) is 0 Å². The molecule has 20 heavy (non-hydrogen) atoms. The molecule has 2 aliphatic heterocycles. The first-order chi connectivity index (χ1) is 9.90. The normalized spacial score (nSPS) is 25.7. The molecular weight excluding hydrogens is 246 g/mol. The maximum atomic E-state index is 5.23. The lowest BCUT2D eigenvalue weighted by Gasteiger charge is -2.33. The summed E-state index contributed by atoms with van der Waals surface area (Å²) in [5, 5.41) is 0. The second-order valence-corrected chi connectivity index (χ2v) is 5.86. The number of hydrogen-bond donors (Lipinski definition) is 0. The number of furan rings is 1. The summed E-state index contributed by atoms with van der Waals surface area (Å²) in [6.07, 6.45) is 9.86. The molecule has 0 amide bonds. The Balaban J connectivity index is 1.57. The van der Waals surface area contributed by atoms with Gasteiger partial charge in [-0.05, 0) is 36.5 Å². The van der Waals surface area contributed by atoms with Gasteiger partial charge in [0.05, 0.1) is 12.5 Å². The summed E-state index contributed by atoms with van der Waals surface area (Å²) in [5.74, 6) is 0. The van der Waals surface area contributed by atoms with Gasteiger partial charge in [0.15, 0.2) is 0 Å². The van der Waals surface area contributed by atoms with Crippen molar-refractivity contribution in [2.75, 3.05) is 0 Å². The molecule has 2 aliphatic rings. The van der Waals surface area contributed by atoms with E-state index in [2.05, 4.69) is 47.4 Å². The average molecular weight is 265 g/mol. The number of rotatable bonds is 3. The molecule has 102 valence electrons. The Morgan fingerprint density at radius 3 is 2.75 bits per heavy atom. The van der Waals surface area contributed by atoms with Crippen molar-refractivity contribution in [3.05, 3.63) is 66.1 Å². The van der Waals surface area contributed by atoms with E-state index in [4.69, 9.17) is 4.42 Å². The van der Waals surface area contributed by atoms with Crippen molar-refractivity contribution in [3.8, 4) is 0 Å². The molecule has 1 saturated heterocycles. The van der Waals surface area contributed by atoms with Crippen molar-refractivity contribution >= 4 is 5.57 Å². The molecule has 4 rings (SSSR count). The Bertz CT molecular complexity index is 600. The smallest absolute Gasteiger partial charge is 0.0977 e. The molecule has 2 aromatic rings. The third kappa shape index (κ3) is 2.10. The van der Waals surface area contributed by atoms with Gasteiger partial charge in [-0.3, -0.25) is 4.90 Å². The standard InChI is InChI=1S/C18H19NO/c1-2-4-14(5-3-1)12-19-17-6-7-18(19)11-16(10-17)15-8-9-20-13-15/h1-5,8-10,13,17-18H,6-7,11-12H2. The van der Waals surface area contributed by atoms with E-state index in [1.165, 1.54) is 29.5 Å². The van der Waals surface area contributed by atoms with Crippen molar-refractivity contribution in [2.24, 2.45) is 0 Å². The lowest BCUT2D eigenvalue weighted by molar-refractivity contribution is 0.203. The van der Waals surface area contributed by atoms with Crippen molar-refractivity contribution in [2.45, 2.75) is 37.9 Å². The van der Waals surface area contributed by atoms with Crippen molar-refractivity contribution < 1.29 is 4.42 Å². The van der Waals surface area contributed by atoms with E-state index in [1.807, 2.05) is 6.26 Å². The third-order valence-corrected chi connectivity index (χ3v) is 4.64. The van der Waals surface area contributed by atoms with Crippen LogP contribution in [-0.2, 0) is 6.54 Å². The molecule has 2 bridgehead atoms. The monoisotopic (exact) mass is 265 g/mol. The molecule has 0 radical (unpaired) electrons. The fraction of sp³-hybridized carbons (Fsp3) is 0.333. The predicted octanol–water partition coefficient (Wildman–Crippen LogP) is 4.10. The van der Waals surface area contributed by atoms with Crippen LogP contribution in [-0.4, -0.2) is 17.0 Å². The van der Waals surface area contributed by atoms with Gasteiger partial charge in [-0.15, -0.1) is 0 Å². The lowest BCUT2D eigenvalue weighted by atomic mass is 9.96. The summed E-state index contributed by atoms with van der Waals surface area (Å²) in [6.45, 7) is 1.07. The van der Waals surface area contributed by atoms with Crippen molar-refractivity contribution in [1.29, 1.82) is 0 Å². The van der Waals surface area contributed by atoms with E-state index >= 15 is 0 Å². The first kappa shape index (κ1) is 12.0. The van der Waals surface area contributed by atoms with Crippen LogP contribution in [0.5, 0.6) is 0 Å². The van der Waals surface area contributed by atoms with Crippen molar-refractivity contribution in [1.82, 2.24) is 4.90 Å². The predicted molar refractivity (Wildman–Crippen MR) is 80.1 cm³/mol. The third-order valence-electron chi connectivity index (χ3n) is 4.64. The van der Waals surface area contributed by atoms with Crippen molar-refractivity contribution in [3.63, 3.8) is 0 Å². The number of hydrogen-bond acceptors (Lipinski definition) is 2. The largest absolute Gasteiger partial charge is 0.472 e. The van der Waals surface area contributed by atoms with Gasteiger partial charge in [-0.1, -0.05) is 36.4 Å². The molecular formula is C18H19NO. The van der Waals surface area contributed by atoms with Crippen LogP contribution in [0.1, 0.15) is 30.4 Å². The SMILES string of the molecule is C1=C(c2ccoc2)CC2CCC1N2Cc1ccccc1. The second-order valence-electron chi connectivity index (χ2n) is 5.86. The molecule has 3 heterocycles. The van der Waals surface area contributed by atoms with E-state index in [0.29, 0.717) is 12.1 Å². The lowest BCUT2D eigenvalue weighted by Crippen LogP contribution is -2.37. The minimum atomic E-state index is 0.596. The molecule has 2 heteroatoms. The van der Waals surface area contributed by atoms with Gasteiger partial charge >= 0.3 is 0 Å². The van der Waals surface area contributed by atoms with E-state index in [-0.39, 0.29) is 0 Å². The summed E-state index contributed by atoms with van der Waals surface area (Å²) in [5.41, 5.74) is 4.15. The van der Waals surface area contributed by atoms with Gasteiger partial charge in [0.2, 0.25) is 0 Å². The van der Waals surface area contributed by atoms with E-state index in [9.17, 15) is 0 Å². The summed E-state index contributed by atoms with van der Waals surface area (Å²) in [4.78, 5) is 2.67. The highest BCUT2D eigenvalue weighted by molar-refractivity contribution is 5.67. The molecule has 1 aromatic carbocycles. The number of fused-ring (bicyclic) bond motifs is 2. The summed E-state index contributed by atoms with van der Waals surface area (Å²) >= 11 is 0. The Morgan fingerprint density at radius 2 is 2.00 bits per heavy atom. The Labute approximate surface area is 119 Å². The minimum Gasteiger partial charge on any atom is -0.472 e. The Kier molecular flexibility index (Phi) is 2.96. The molecule has 0 aliphatic carbocycles. The quantitative estimate of drug-likeness (QED) is 0.830. The van der Waals surface area contributed by atoms with Crippen LogP contribution in [0, 0.1) is 0 Å². The van der Waals surface area contributed by atoms with E-state index in [1.54, 1.807) is 6.26 Å². The average Bonchev–Trinajstić information content (AvgIpc) is 3.08. The van der Waals surface area contributed by atoms with Crippen LogP contribution in [0.3, 0.4) is 0 Å². The summed E-state index contributed by atoms with van der Waals surface area (Å²) in [6, 6.07) is 14.2. The minimum absolute atomic E-state index is 0.596. The maximum absolute atomic E-state index is 5.23. The van der Waals surface area contributed by atoms with Gasteiger partial charge in [0.25, 0.3) is 0 Å². The fourth-order valence-corrected chi connectivity index (χ4v) is 3.62. The zero-order valence-electron chi connectivity index (χ0n) is 11.5. The van der Waals surface area contributed by atoms with Gasteiger partial charge in [0.1, 0.15) is 0 Å². The second kappa shape index (κ2) is 4.95. The zero-order valence-corrected chi connectivity index (χ0v) is 11.5. The van der Waals surface area contributed by atoms with Crippen LogP contribution in [0.25, 0.3) is 5.57 Å². The molecule has 1 aromatic heterocycles. The fourth-order valence-electron chi connectivity index (χ4n) is 3.62. The van der Waals surface area contributed by atoms with Crippen LogP contribution < -0.4 is 0 Å². The molecule has 2 unspecified atom stereocenters. The highest BCUT2D eigenvalue weighted by Gasteiger charge is 2.36. The van der Waals surface area contributed by atoms with E-state index < -0.39 is 0 Å². The molecule has 0 spiro atoms. The number of benzene rings is 1. The van der Waals surface area contributed by atoms with Gasteiger partial charge in [-0.2, -0.15) is 0 Å². The van der Waals surface area contributed by atoms with Gasteiger partial charge in [-0.25, -0.2) is 0 Å². The van der Waals surface area contributed by atoms with Gasteiger partial charge < -0.3 is 4.42 Å². The highest BCUT2D eigenvalue weighted by Crippen LogP contribution is 2.39. The van der Waals surface area contributed by atoms with Crippen LogP contribution >= 0.6 is 0 Å². The van der Waals surface area contributed by atoms with Crippen LogP contribution in [0.2, 0.25) is 0 Å². The molecule has 1 fully saturated rings. The number of nitrogens with zero attached hydrogens (tertiary/aromatic N) is 1. The first-order valence-electron chi connectivity index (χ1n) is 7.43. The summed E-state index contributed by atoms with van der Waals surface area (Å²) < 4.78 is 5.23. The molecule has 2 atom stereocenters. The Morgan fingerprint density at radius 1 is 1.10 bits per heavy atom. The Hall–Kier alpha value is -1.80. The van der Waals surface area contributed by atoms with E-state index in [0.717, 1.165) is 13.0 Å². The van der Waals surface area contributed by atoms with Crippen LogP contribution in [0.15, 0.2) is 59.4 Å². The summed E-state index contributed by atoms with van der Waals surface area (Å²) in [7, 11) is 0. The zero-order chi connectivity index (χ0) is 13.4. The first-order valence-corrected chi connectivity index (χ1v) is 7.43. The maximum Gasteiger partial charge on any atom is 0.0977 e. The molecule has 0 N–H and O–H groups in total. The topological polar surface area (TPSA) is 16.4 Å². The molecule has 0 saturated carbocycles.